The van der Waals surface area contributed by atoms with Crippen LogP contribution >= 0.6 is 0 Å². The van der Waals surface area contributed by atoms with Crippen molar-refractivity contribution in [1.82, 2.24) is 9.62 Å². The topological polar surface area (TPSA) is 32.3 Å². The van der Waals surface area contributed by atoms with E-state index in [0.29, 0.717) is 5.75 Å². The van der Waals surface area contributed by atoms with E-state index < -0.39 is 11.0 Å². The van der Waals surface area contributed by atoms with Gasteiger partial charge in [-0.15, -0.1) is 0 Å². The SMILES string of the molecule is CNCCS(=O)N(C)C. The van der Waals surface area contributed by atoms with E-state index in [9.17, 15) is 4.21 Å². The van der Waals surface area contributed by atoms with E-state index in [1.54, 1.807) is 4.31 Å². The molecular weight excluding hydrogens is 136 g/mol. The fourth-order valence-electron chi connectivity index (χ4n) is 0.372. The standard InChI is InChI=1S/C5H14N2OS/c1-6-4-5-9(8)7(2)3/h6H,4-5H2,1-3H3. The summed E-state index contributed by atoms with van der Waals surface area (Å²) < 4.78 is 12.6. The predicted octanol–water partition coefficient (Wildman–Crippen LogP) is -0.569. The van der Waals surface area contributed by atoms with Crippen molar-refractivity contribution >= 4 is 11.0 Å². The molecule has 3 nitrogen and oxygen atoms in total. The van der Waals surface area contributed by atoms with Crippen LogP contribution < -0.4 is 5.32 Å². The summed E-state index contributed by atoms with van der Waals surface area (Å²) in [5.41, 5.74) is 0. The third-order valence-corrected chi connectivity index (χ3v) is 2.30. The van der Waals surface area contributed by atoms with Crippen molar-refractivity contribution < 1.29 is 4.21 Å². The van der Waals surface area contributed by atoms with Gasteiger partial charge in [0.15, 0.2) is 0 Å². The van der Waals surface area contributed by atoms with Gasteiger partial charge in [0.05, 0.1) is 16.7 Å². The maximum atomic E-state index is 10.9. The molecule has 0 saturated heterocycles. The van der Waals surface area contributed by atoms with Crippen LogP contribution in [0.2, 0.25) is 0 Å². The Kier molecular flexibility index (Phi) is 4.94. The van der Waals surface area contributed by atoms with Crippen molar-refractivity contribution in [2.75, 3.05) is 33.4 Å². The molecule has 0 aliphatic heterocycles. The molecule has 0 amide bonds. The van der Waals surface area contributed by atoms with Crippen LogP contribution in [0.1, 0.15) is 0 Å². The van der Waals surface area contributed by atoms with Gasteiger partial charge in [0.25, 0.3) is 0 Å². The first-order valence-electron chi connectivity index (χ1n) is 2.89. The molecule has 1 unspecified atom stereocenters. The number of nitrogens with zero attached hydrogens (tertiary/aromatic N) is 1. The Hall–Kier alpha value is 0.0700. The van der Waals surface area contributed by atoms with Crippen LogP contribution in [0.5, 0.6) is 0 Å². The zero-order chi connectivity index (χ0) is 7.28. The van der Waals surface area contributed by atoms with Gasteiger partial charge in [-0.1, -0.05) is 0 Å². The smallest absolute Gasteiger partial charge is 0.0950 e. The van der Waals surface area contributed by atoms with Crippen molar-refractivity contribution in [1.29, 1.82) is 0 Å². The summed E-state index contributed by atoms with van der Waals surface area (Å²) in [6.07, 6.45) is 0. The first-order valence-corrected chi connectivity index (χ1v) is 4.16. The van der Waals surface area contributed by atoms with E-state index in [1.807, 2.05) is 21.1 Å². The van der Waals surface area contributed by atoms with Crippen LogP contribution in [0.15, 0.2) is 0 Å². The van der Waals surface area contributed by atoms with Gasteiger partial charge < -0.3 is 5.32 Å². The van der Waals surface area contributed by atoms with Crippen LogP contribution in [0, 0.1) is 0 Å². The number of rotatable bonds is 4. The molecule has 0 bridgehead atoms. The van der Waals surface area contributed by atoms with E-state index in [2.05, 4.69) is 5.32 Å². The maximum Gasteiger partial charge on any atom is 0.0950 e. The molecule has 0 heterocycles. The summed E-state index contributed by atoms with van der Waals surface area (Å²) >= 11 is 0. The van der Waals surface area contributed by atoms with Crippen LogP contribution in [0.4, 0.5) is 0 Å². The second kappa shape index (κ2) is 4.90. The fraction of sp³-hybridized carbons (Fsp3) is 1.00. The van der Waals surface area contributed by atoms with Gasteiger partial charge in [-0.2, -0.15) is 0 Å². The average Bonchev–Trinajstić information content (AvgIpc) is 1.82. The van der Waals surface area contributed by atoms with Crippen molar-refractivity contribution in [2.45, 2.75) is 0 Å². The third-order valence-electron chi connectivity index (χ3n) is 0.934. The molecule has 9 heavy (non-hydrogen) atoms. The van der Waals surface area contributed by atoms with Crippen molar-refractivity contribution in [3.05, 3.63) is 0 Å². The molecule has 4 heteroatoms. The highest BCUT2D eigenvalue weighted by Gasteiger charge is 1.98. The summed E-state index contributed by atoms with van der Waals surface area (Å²) in [6.45, 7) is 0.810. The molecule has 0 spiro atoms. The lowest BCUT2D eigenvalue weighted by molar-refractivity contribution is 0.600. The summed E-state index contributed by atoms with van der Waals surface area (Å²) in [5.74, 6) is 0.698. The highest BCUT2D eigenvalue weighted by molar-refractivity contribution is 7.82. The third kappa shape index (κ3) is 4.57. The predicted molar refractivity (Wildman–Crippen MR) is 40.6 cm³/mol. The molecule has 0 aromatic rings. The molecule has 0 rings (SSSR count). The van der Waals surface area contributed by atoms with Crippen molar-refractivity contribution in [3.8, 4) is 0 Å². The molecule has 0 aromatic heterocycles. The van der Waals surface area contributed by atoms with Gasteiger partial charge in [-0.25, -0.2) is 8.51 Å². The Morgan fingerprint density at radius 1 is 1.56 bits per heavy atom. The zero-order valence-electron chi connectivity index (χ0n) is 6.18. The van der Waals surface area contributed by atoms with Crippen LogP contribution in [0.3, 0.4) is 0 Å². The van der Waals surface area contributed by atoms with Crippen LogP contribution in [-0.4, -0.2) is 42.0 Å². The Balaban J connectivity index is 3.28. The van der Waals surface area contributed by atoms with Gasteiger partial charge in [-0.05, 0) is 21.1 Å². The second-order valence-electron chi connectivity index (χ2n) is 1.94. The summed E-state index contributed by atoms with van der Waals surface area (Å²) in [6, 6.07) is 0. The van der Waals surface area contributed by atoms with Crippen molar-refractivity contribution in [2.24, 2.45) is 0 Å². The summed E-state index contributed by atoms with van der Waals surface area (Å²) in [4.78, 5) is 0. The van der Waals surface area contributed by atoms with E-state index in [0.717, 1.165) is 6.54 Å². The largest absolute Gasteiger partial charge is 0.319 e. The lowest BCUT2D eigenvalue weighted by Gasteiger charge is -2.07. The van der Waals surface area contributed by atoms with Crippen LogP contribution in [0.25, 0.3) is 0 Å². The highest BCUT2D eigenvalue weighted by Crippen LogP contribution is 1.83. The highest BCUT2D eigenvalue weighted by atomic mass is 32.2. The Morgan fingerprint density at radius 3 is 2.44 bits per heavy atom. The van der Waals surface area contributed by atoms with Gasteiger partial charge in [0.1, 0.15) is 0 Å². The number of nitrogens with one attached hydrogen (secondary N) is 1. The van der Waals surface area contributed by atoms with E-state index in [1.165, 1.54) is 0 Å². The molecular formula is C5H14N2OS. The quantitative estimate of drug-likeness (QED) is 0.582. The molecule has 1 N–H and O–H groups in total. The molecule has 0 aliphatic rings. The molecule has 0 radical (unpaired) electrons. The van der Waals surface area contributed by atoms with Gasteiger partial charge in [0, 0.05) is 6.54 Å². The summed E-state index contributed by atoms with van der Waals surface area (Å²) in [5, 5.41) is 2.93. The number of hydrogen-bond donors (Lipinski definition) is 1. The van der Waals surface area contributed by atoms with Gasteiger partial charge >= 0.3 is 0 Å². The Bertz CT molecular complexity index is 95.0. The molecule has 0 aliphatic carbocycles. The molecule has 0 saturated carbocycles. The van der Waals surface area contributed by atoms with E-state index in [-0.39, 0.29) is 0 Å². The summed E-state index contributed by atoms with van der Waals surface area (Å²) in [7, 11) is 4.68. The second-order valence-corrected chi connectivity index (χ2v) is 3.72. The number of hydrogen-bond acceptors (Lipinski definition) is 2. The molecule has 0 fully saturated rings. The lowest BCUT2D eigenvalue weighted by atomic mass is 10.8. The maximum absolute atomic E-state index is 10.9. The minimum Gasteiger partial charge on any atom is -0.319 e. The zero-order valence-corrected chi connectivity index (χ0v) is 6.99. The minimum atomic E-state index is -0.801. The van der Waals surface area contributed by atoms with Gasteiger partial charge in [-0.3, -0.25) is 0 Å². The monoisotopic (exact) mass is 150 g/mol. The average molecular weight is 150 g/mol. The lowest BCUT2D eigenvalue weighted by Crippen LogP contribution is -2.24. The molecule has 0 aromatic carbocycles. The first kappa shape index (κ1) is 9.07. The minimum absolute atomic E-state index is 0.698. The fourth-order valence-corrected chi connectivity index (χ4v) is 1.12. The van der Waals surface area contributed by atoms with E-state index >= 15 is 0 Å². The normalized spacial score (nSPS) is 14.2. The Morgan fingerprint density at radius 2 is 2.11 bits per heavy atom. The molecule has 56 valence electrons. The van der Waals surface area contributed by atoms with Gasteiger partial charge in [0.2, 0.25) is 0 Å². The van der Waals surface area contributed by atoms with E-state index in [4.69, 9.17) is 0 Å². The van der Waals surface area contributed by atoms with Crippen molar-refractivity contribution in [3.63, 3.8) is 0 Å². The Labute approximate surface area is 59.0 Å². The molecule has 1 atom stereocenters. The van der Waals surface area contributed by atoms with Crippen LogP contribution in [-0.2, 0) is 11.0 Å². The first-order chi connectivity index (χ1) is 4.18.